The van der Waals surface area contributed by atoms with Gasteiger partial charge in [0.25, 0.3) is 0 Å². The lowest BCUT2D eigenvalue weighted by atomic mass is 9.81. The highest BCUT2D eigenvalue weighted by atomic mass is 19.2. The molecule has 4 amide bonds. The molecular weight excluding hydrogens is 726 g/mol. The van der Waals surface area contributed by atoms with Crippen LogP contribution in [0.3, 0.4) is 0 Å². The van der Waals surface area contributed by atoms with E-state index >= 15 is 0 Å². The summed E-state index contributed by atoms with van der Waals surface area (Å²) in [5.74, 6) is -33.1. The zero-order valence-electron chi connectivity index (χ0n) is 25.3. The van der Waals surface area contributed by atoms with E-state index in [-0.39, 0.29) is 11.1 Å². The SMILES string of the molecule is O=C(CN1C(=O)NC2(c3ccccc3)NC(=O)N(CC(=O)Oc3c(F)c(F)c(F)c(F)c3F)C12c1ccccc1)Oc1c(F)c(F)c(F)c(F)c1F. The fourth-order valence-electron chi connectivity index (χ4n) is 6.01. The van der Waals surface area contributed by atoms with Crippen molar-refractivity contribution in [2.75, 3.05) is 13.1 Å². The number of fused-ring (bicyclic) bond motifs is 1. The Kier molecular flexibility index (Phi) is 8.71. The van der Waals surface area contributed by atoms with Crippen LogP contribution in [0.5, 0.6) is 11.5 Å². The first-order chi connectivity index (χ1) is 24.6. The summed E-state index contributed by atoms with van der Waals surface area (Å²) in [4.78, 5) is 55.0. The fraction of sp³-hybridized carbons (Fsp3) is 0.125. The second-order valence-corrected chi connectivity index (χ2v) is 10.9. The Bertz CT molecular complexity index is 2010. The number of hydrogen-bond donors (Lipinski definition) is 2. The number of hydrogen-bond acceptors (Lipinski definition) is 6. The predicted octanol–water partition coefficient (Wildman–Crippen LogP) is 5.35. The summed E-state index contributed by atoms with van der Waals surface area (Å²) in [5.41, 5.74) is -4.95. The zero-order valence-corrected chi connectivity index (χ0v) is 25.3. The Labute approximate surface area is 283 Å². The molecule has 2 fully saturated rings. The van der Waals surface area contributed by atoms with Gasteiger partial charge in [0.1, 0.15) is 13.1 Å². The predicted molar refractivity (Wildman–Crippen MR) is 150 cm³/mol. The van der Waals surface area contributed by atoms with Gasteiger partial charge >= 0.3 is 24.0 Å². The highest BCUT2D eigenvalue weighted by molar-refractivity contribution is 5.93. The van der Waals surface area contributed by atoms with Gasteiger partial charge in [-0.3, -0.25) is 9.80 Å². The van der Waals surface area contributed by atoms with Crippen LogP contribution in [0.2, 0.25) is 0 Å². The van der Waals surface area contributed by atoms with Gasteiger partial charge in [-0.25, -0.2) is 45.5 Å². The Morgan fingerprint density at radius 2 is 0.808 bits per heavy atom. The molecule has 0 bridgehead atoms. The lowest BCUT2D eigenvalue weighted by molar-refractivity contribution is -0.141. The highest BCUT2D eigenvalue weighted by Crippen LogP contribution is 2.53. The minimum Gasteiger partial charge on any atom is -0.419 e. The summed E-state index contributed by atoms with van der Waals surface area (Å²) in [6.45, 7) is -2.96. The number of carbonyl (C=O) groups excluding carboxylic acids is 4. The maximum absolute atomic E-state index is 14.4. The lowest BCUT2D eigenvalue weighted by Crippen LogP contribution is -2.64. The molecule has 2 saturated heterocycles. The maximum atomic E-state index is 14.4. The van der Waals surface area contributed by atoms with E-state index in [0.29, 0.717) is 9.80 Å². The van der Waals surface area contributed by atoms with E-state index in [0.717, 1.165) is 0 Å². The number of benzene rings is 4. The summed E-state index contributed by atoms with van der Waals surface area (Å²) in [7, 11) is 0. The van der Waals surface area contributed by atoms with Crippen LogP contribution < -0.4 is 20.1 Å². The number of ether oxygens (including phenoxy) is 2. The van der Waals surface area contributed by atoms with Gasteiger partial charge in [0.15, 0.2) is 11.3 Å². The zero-order chi connectivity index (χ0) is 37.9. The number of nitrogens with one attached hydrogen (secondary N) is 2. The molecule has 0 aliphatic carbocycles. The second kappa shape index (κ2) is 12.8. The number of halogens is 10. The Morgan fingerprint density at radius 1 is 0.500 bits per heavy atom. The quantitative estimate of drug-likeness (QED) is 0.0828. The van der Waals surface area contributed by atoms with Gasteiger partial charge in [-0.2, -0.15) is 17.6 Å². The van der Waals surface area contributed by atoms with Crippen LogP contribution >= 0.6 is 0 Å². The van der Waals surface area contributed by atoms with Gasteiger partial charge in [0.2, 0.25) is 69.7 Å². The Hall–Kier alpha value is -6.34. The molecule has 2 heterocycles. The second-order valence-electron chi connectivity index (χ2n) is 10.9. The topological polar surface area (TPSA) is 117 Å². The van der Waals surface area contributed by atoms with Gasteiger partial charge in [0.05, 0.1) is 0 Å². The number of urea groups is 2. The van der Waals surface area contributed by atoms with Crippen molar-refractivity contribution in [3.63, 3.8) is 0 Å². The van der Waals surface area contributed by atoms with Gasteiger partial charge < -0.3 is 20.1 Å². The average molecular weight is 742 g/mol. The molecule has 0 aromatic heterocycles. The molecule has 0 radical (unpaired) electrons. The molecule has 6 rings (SSSR count). The minimum atomic E-state index is -2.58. The first-order valence-electron chi connectivity index (χ1n) is 14.3. The van der Waals surface area contributed by atoms with Crippen LogP contribution in [0.4, 0.5) is 53.5 Å². The molecule has 10 nitrogen and oxygen atoms in total. The van der Waals surface area contributed by atoms with Crippen molar-refractivity contribution in [1.29, 1.82) is 0 Å². The molecule has 270 valence electrons. The van der Waals surface area contributed by atoms with Gasteiger partial charge in [-0.15, -0.1) is 0 Å². The third-order valence-corrected chi connectivity index (χ3v) is 8.11. The van der Waals surface area contributed by atoms with E-state index in [1.165, 1.54) is 60.7 Å². The van der Waals surface area contributed by atoms with Crippen LogP contribution in [-0.4, -0.2) is 46.9 Å². The first kappa shape index (κ1) is 35.5. The van der Waals surface area contributed by atoms with Crippen LogP contribution in [0, 0.1) is 58.2 Å². The normalized spacial score (nSPS) is 19.3. The van der Waals surface area contributed by atoms with Crippen LogP contribution in [0.25, 0.3) is 0 Å². The summed E-state index contributed by atoms with van der Waals surface area (Å²) in [6.07, 6.45) is 0. The highest BCUT2D eigenvalue weighted by Gasteiger charge is 2.74. The maximum Gasteiger partial charge on any atom is 0.331 e. The minimum absolute atomic E-state index is 0.0202. The number of nitrogens with zero attached hydrogens (tertiary/aromatic N) is 2. The smallest absolute Gasteiger partial charge is 0.331 e. The van der Waals surface area contributed by atoms with E-state index in [1.54, 1.807) is 0 Å². The molecule has 0 unspecified atom stereocenters. The fourth-order valence-corrected chi connectivity index (χ4v) is 6.01. The molecular formula is C32H16F10N4O6. The molecule has 2 N–H and O–H groups in total. The number of carbonyl (C=O) groups is 4. The van der Waals surface area contributed by atoms with Crippen LogP contribution in [-0.2, 0) is 20.9 Å². The molecule has 4 aromatic rings. The van der Waals surface area contributed by atoms with E-state index in [9.17, 15) is 63.1 Å². The van der Waals surface area contributed by atoms with Crippen molar-refractivity contribution >= 4 is 24.0 Å². The van der Waals surface area contributed by atoms with E-state index in [1.807, 2.05) is 0 Å². The van der Waals surface area contributed by atoms with Gasteiger partial charge in [0, 0.05) is 11.1 Å². The van der Waals surface area contributed by atoms with E-state index in [2.05, 4.69) is 20.1 Å². The van der Waals surface area contributed by atoms with Crippen molar-refractivity contribution in [1.82, 2.24) is 20.4 Å². The lowest BCUT2D eigenvalue weighted by Gasteiger charge is -2.46. The molecule has 2 aliphatic heterocycles. The molecule has 20 heteroatoms. The number of amides is 4. The molecule has 0 spiro atoms. The summed E-state index contributed by atoms with van der Waals surface area (Å²) >= 11 is 0. The molecule has 4 aromatic carbocycles. The van der Waals surface area contributed by atoms with Crippen molar-refractivity contribution < 1.29 is 72.6 Å². The van der Waals surface area contributed by atoms with Crippen LogP contribution in [0.1, 0.15) is 11.1 Å². The first-order valence-corrected chi connectivity index (χ1v) is 14.3. The van der Waals surface area contributed by atoms with E-state index in [4.69, 9.17) is 0 Å². The van der Waals surface area contributed by atoms with Crippen molar-refractivity contribution in [3.8, 4) is 11.5 Å². The average Bonchev–Trinajstić information content (AvgIpc) is 3.53. The van der Waals surface area contributed by atoms with Crippen molar-refractivity contribution in [3.05, 3.63) is 130 Å². The summed E-state index contributed by atoms with van der Waals surface area (Å²) in [5, 5.41) is 4.90. The molecule has 0 saturated carbocycles. The van der Waals surface area contributed by atoms with Gasteiger partial charge in [-0.05, 0) is 0 Å². The summed E-state index contributed by atoms with van der Waals surface area (Å²) < 4.78 is 149. The molecule has 2 aliphatic rings. The van der Waals surface area contributed by atoms with Gasteiger partial charge in [-0.1, -0.05) is 60.7 Å². The third-order valence-electron chi connectivity index (χ3n) is 8.11. The van der Waals surface area contributed by atoms with Crippen LogP contribution in [0.15, 0.2) is 60.7 Å². The molecule has 52 heavy (non-hydrogen) atoms. The number of esters is 2. The number of rotatable bonds is 8. The van der Waals surface area contributed by atoms with E-state index < -0.39 is 118 Å². The van der Waals surface area contributed by atoms with Crippen molar-refractivity contribution in [2.24, 2.45) is 0 Å². The summed E-state index contributed by atoms with van der Waals surface area (Å²) in [6, 6.07) is 11.1. The Morgan fingerprint density at radius 3 is 1.15 bits per heavy atom. The Balaban J connectivity index is 1.49. The standard InChI is InChI=1S/C32H16F10N4O6/c33-17-19(35)23(39)27(24(40)20(17)36)51-15(47)11-45-29(49)43-31(13-7-3-1-4-8-13)32(45,14-9-5-2-6-10-14)46(30(50)44-31)12-16(48)52-28-25(41)21(37)18(34)22(38)26(28)42/h1-10H,11-12H2,(H,43,49)(H,44,50). The third kappa shape index (κ3) is 5.11. The monoisotopic (exact) mass is 742 g/mol. The largest absolute Gasteiger partial charge is 0.419 e. The van der Waals surface area contributed by atoms with Crippen molar-refractivity contribution in [2.45, 2.75) is 11.3 Å². The molecule has 0 atom stereocenters.